The zero-order valence-electron chi connectivity index (χ0n) is 18.2. The first kappa shape index (κ1) is 21.1. The van der Waals surface area contributed by atoms with Gasteiger partial charge in [-0.15, -0.1) is 4.40 Å². The molecule has 0 bridgehead atoms. The Morgan fingerprint density at radius 1 is 0.914 bits per heavy atom. The SMILES string of the molecule is O=c1c(C2=NS(=O)(=O)c3ccccc3N2)c(O)c2cccnc2n1Cc1ccc2ccccc2c1. The number of aromatic hydroxyl groups is 1. The Morgan fingerprint density at radius 2 is 1.69 bits per heavy atom. The molecular weight excluding hydrogens is 464 g/mol. The summed E-state index contributed by atoms with van der Waals surface area (Å²) >= 11 is 0. The van der Waals surface area contributed by atoms with Gasteiger partial charge in [-0.1, -0.05) is 48.5 Å². The third kappa shape index (κ3) is 3.44. The lowest BCUT2D eigenvalue weighted by atomic mass is 10.1. The van der Waals surface area contributed by atoms with Crippen LogP contribution in [0.25, 0.3) is 21.8 Å². The Hall–Kier alpha value is -4.50. The molecule has 0 aliphatic carbocycles. The van der Waals surface area contributed by atoms with Crippen LogP contribution >= 0.6 is 0 Å². The van der Waals surface area contributed by atoms with Gasteiger partial charge in [-0.3, -0.25) is 9.36 Å². The van der Waals surface area contributed by atoms with Crippen molar-refractivity contribution < 1.29 is 13.5 Å². The lowest BCUT2D eigenvalue weighted by Crippen LogP contribution is -2.33. The third-order valence-corrected chi connectivity index (χ3v) is 7.35. The summed E-state index contributed by atoms with van der Waals surface area (Å²) in [7, 11) is -4.07. The largest absolute Gasteiger partial charge is 0.506 e. The molecule has 8 nitrogen and oxygen atoms in total. The average Bonchev–Trinajstić information content (AvgIpc) is 2.86. The van der Waals surface area contributed by atoms with Crippen molar-refractivity contribution in [2.24, 2.45) is 4.40 Å². The molecule has 0 saturated heterocycles. The molecule has 2 aromatic heterocycles. The van der Waals surface area contributed by atoms with Crippen LogP contribution in [0.1, 0.15) is 11.1 Å². The topological polar surface area (TPSA) is 114 Å². The van der Waals surface area contributed by atoms with E-state index < -0.39 is 15.6 Å². The third-order valence-electron chi connectivity index (χ3n) is 6.01. The predicted molar refractivity (Wildman–Crippen MR) is 135 cm³/mol. The molecule has 6 rings (SSSR count). The van der Waals surface area contributed by atoms with E-state index in [9.17, 15) is 18.3 Å². The highest BCUT2D eigenvalue weighted by Crippen LogP contribution is 2.32. The minimum atomic E-state index is -4.07. The van der Waals surface area contributed by atoms with Gasteiger partial charge in [0.1, 0.15) is 21.9 Å². The van der Waals surface area contributed by atoms with Gasteiger partial charge in [-0.25, -0.2) is 4.98 Å². The van der Waals surface area contributed by atoms with Crippen molar-refractivity contribution in [2.45, 2.75) is 11.4 Å². The van der Waals surface area contributed by atoms with Gasteiger partial charge in [-0.05, 0) is 46.7 Å². The number of para-hydroxylation sites is 1. The molecule has 0 spiro atoms. The fraction of sp³-hybridized carbons (Fsp3) is 0.0385. The molecule has 3 aromatic carbocycles. The van der Waals surface area contributed by atoms with Crippen LogP contribution in [0.2, 0.25) is 0 Å². The van der Waals surface area contributed by atoms with Gasteiger partial charge in [0.05, 0.1) is 17.6 Å². The van der Waals surface area contributed by atoms with Crippen molar-refractivity contribution >= 4 is 43.4 Å². The Bertz CT molecular complexity index is 1860. The highest BCUT2D eigenvalue weighted by Gasteiger charge is 2.29. The first-order chi connectivity index (χ1) is 16.9. The Morgan fingerprint density at radius 3 is 2.54 bits per heavy atom. The molecule has 0 fully saturated rings. The molecule has 35 heavy (non-hydrogen) atoms. The van der Waals surface area contributed by atoms with Crippen molar-refractivity contribution in [1.29, 1.82) is 0 Å². The average molecular weight is 483 g/mol. The number of aromatic nitrogens is 2. The first-order valence-electron chi connectivity index (χ1n) is 10.8. The number of rotatable bonds is 3. The van der Waals surface area contributed by atoms with Crippen LogP contribution in [0, 0.1) is 0 Å². The molecule has 0 unspecified atom stereocenters. The van der Waals surface area contributed by atoms with E-state index in [2.05, 4.69) is 14.7 Å². The van der Waals surface area contributed by atoms with Gasteiger partial charge in [0.25, 0.3) is 15.6 Å². The van der Waals surface area contributed by atoms with Crippen LogP contribution in [-0.4, -0.2) is 28.9 Å². The van der Waals surface area contributed by atoms with Crippen LogP contribution in [0.3, 0.4) is 0 Å². The summed E-state index contributed by atoms with van der Waals surface area (Å²) < 4.78 is 30.9. The summed E-state index contributed by atoms with van der Waals surface area (Å²) in [4.78, 5) is 18.1. The zero-order chi connectivity index (χ0) is 24.2. The van der Waals surface area contributed by atoms with E-state index in [0.717, 1.165) is 16.3 Å². The number of pyridine rings is 2. The van der Waals surface area contributed by atoms with Crippen LogP contribution in [-0.2, 0) is 16.6 Å². The van der Waals surface area contributed by atoms with Gasteiger partial charge in [0.2, 0.25) is 0 Å². The van der Waals surface area contributed by atoms with Crippen LogP contribution in [0.4, 0.5) is 5.69 Å². The zero-order valence-corrected chi connectivity index (χ0v) is 19.0. The second-order valence-electron chi connectivity index (χ2n) is 8.21. The molecule has 9 heteroatoms. The number of anilines is 1. The van der Waals surface area contributed by atoms with Gasteiger partial charge >= 0.3 is 0 Å². The standard InChI is InChI=1S/C26H18N4O4S/c31-23-19-8-5-13-27-25(19)30(15-16-11-12-17-6-1-2-7-18(17)14-16)26(32)22(23)24-28-20-9-3-4-10-21(20)35(33,34)29-24/h1-14,31H,15H2,(H,28,29). The molecular formula is C26H18N4O4S. The number of nitrogens with one attached hydrogen (secondary N) is 1. The fourth-order valence-electron chi connectivity index (χ4n) is 4.37. The number of benzene rings is 3. The number of nitrogens with zero attached hydrogens (tertiary/aromatic N) is 3. The van der Waals surface area contributed by atoms with E-state index in [4.69, 9.17) is 0 Å². The van der Waals surface area contributed by atoms with Crippen molar-refractivity contribution in [2.75, 3.05) is 5.32 Å². The van der Waals surface area contributed by atoms with Crippen molar-refractivity contribution in [3.05, 3.63) is 107 Å². The van der Waals surface area contributed by atoms with E-state index in [1.165, 1.54) is 16.8 Å². The molecule has 0 atom stereocenters. The number of amidine groups is 1. The van der Waals surface area contributed by atoms with Gasteiger partial charge in [0.15, 0.2) is 5.84 Å². The van der Waals surface area contributed by atoms with Crippen LogP contribution in [0.15, 0.2) is 99.1 Å². The fourth-order valence-corrected chi connectivity index (χ4v) is 5.49. The predicted octanol–water partition coefficient (Wildman–Crippen LogP) is 3.86. The maximum Gasteiger partial charge on any atom is 0.286 e. The number of fused-ring (bicyclic) bond motifs is 3. The second-order valence-corrected chi connectivity index (χ2v) is 9.78. The van der Waals surface area contributed by atoms with E-state index in [1.54, 1.807) is 30.3 Å². The van der Waals surface area contributed by atoms with Gasteiger partial charge in [0, 0.05) is 6.20 Å². The smallest absolute Gasteiger partial charge is 0.286 e. The summed E-state index contributed by atoms with van der Waals surface area (Å²) in [6, 6.07) is 23.3. The summed E-state index contributed by atoms with van der Waals surface area (Å²) in [6.07, 6.45) is 1.54. The van der Waals surface area contributed by atoms with E-state index in [-0.39, 0.29) is 39.9 Å². The highest BCUT2D eigenvalue weighted by atomic mass is 32.2. The molecule has 0 saturated carbocycles. The monoisotopic (exact) mass is 482 g/mol. The molecule has 3 heterocycles. The number of sulfonamides is 1. The second kappa shape index (κ2) is 7.78. The molecule has 5 aromatic rings. The number of hydrogen-bond acceptors (Lipinski definition) is 6. The molecule has 0 radical (unpaired) electrons. The van der Waals surface area contributed by atoms with Gasteiger partial charge < -0.3 is 10.4 Å². The molecule has 2 N–H and O–H groups in total. The maximum absolute atomic E-state index is 13.7. The molecule has 0 amide bonds. The Balaban J connectivity index is 1.57. The summed E-state index contributed by atoms with van der Waals surface area (Å²) in [5.41, 5.74) is 0.577. The maximum atomic E-state index is 13.7. The van der Waals surface area contributed by atoms with Crippen molar-refractivity contribution in [3.8, 4) is 5.75 Å². The first-order valence-corrected chi connectivity index (χ1v) is 12.3. The van der Waals surface area contributed by atoms with Crippen molar-refractivity contribution in [3.63, 3.8) is 0 Å². The molecule has 172 valence electrons. The quantitative estimate of drug-likeness (QED) is 0.404. The molecule has 1 aliphatic rings. The van der Waals surface area contributed by atoms with E-state index in [0.29, 0.717) is 5.39 Å². The summed E-state index contributed by atoms with van der Waals surface area (Å²) in [5, 5.41) is 16.4. The highest BCUT2D eigenvalue weighted by molar-refractivity contribution is 7.90. The van der Waals surface area contributed by atoms with Gasteiger partial charge in [-0.2, -0.15) is 8.42 Å². The van der Waals surface area contributed by atoms with E-state index in [1.807, 2.05) is 42.5 Å². The lowest BCUT2D eigenvalue weighted by molar-refractivity contribution is 0.477. The lowest BCUT2D eigenvalue weighted by Gasteiger charge is -2.20. The normalized spacial score (nSPS) is 14.3. The number of hydrogen-bond donors (Lipinski definition) is 2. The molecule has 1 aliphatic heterocycles. The Labute approximate surface area is 199 Å². The minimum Gasteiger partial charge on any atom is -0.506 e. The van der Waals surface area contributed by atoms with Crippen LogP contribution < -0.4 is 10.9 Å². The Kier molecular flexibility index (Phi) is 4.68. The minimum absolute atomic E-state index is 0.00202. The van der Waals surface area contributed by atoms with E-state index >= 15 is 0 Å². The van der Waals surface area contributed by atoms with Crippen LogP contribution in [0.5, 0.6) is 5.75 Å². The van der Waals surface area contributed by atoms with Crippen molar-refractivity contribution in [1.82, 2.24) is 9.55 Å². The summed E-state index contributed by atoms with van der Waals surface area (Å²) in [6.45, 7) is 0.168. The summed E-state index contributed by atoms with van der Waals surface area (Å²) in [5.74, 6) is -0.613.